The third-order valence-corrected chi connectivity index (χ3v) is 19.5. The zero-order valence-corrected chi connectivity index (χ0v) is 60.2. The van der Waals surface area contributed by atoms with Crippen LogP contribution in [0.2, 0.25) is 0 Å². The van der Waals surface area contributed by atoms with Crippen molar-refractivity contribution in [1.29, 1.82) is 0 Å². The first-order valence-electron chi connectivity index (χ1n) is 34.2. The highest BCUT2D eigenvalue weighted by atomic mass is 16.8. The van der Waals surface area contributed by atoms with E-state index in [0.717, 1.165) is 0 Å². The summed E-state index contributed by atoms with van der Waals surface area (Å²) in [6.07, 6.45) is -27.2. The van der Waals surface area contributed by atoms with E-state index in [9.17, 15) is 167 Å². The van der Waals surface area contributed by atoms with Crippen LogP contribution in [-0.4, -0.2) is 266 Å². The van der Waals surface area contributed by atoms with E-state index >= 15 is 14.4 Å². The van der Waals surface area contributed by atoms with E-state index in [2.05, 4.69) is 0 Å². The molecule has 0 spiro atoms. The van der Waals surface area contributed by atoms with E-state index in [0.29, 0.717) is 48.5 Å². The topological polar surface area (TPSA) is 811 Å². The third kappa shape index (κ3) is 13.6. The number of rotatable bonds is 9. The fourth-order valence-corrected chi connectivity index (χ4v) is 13.6. The van der Waals surface area contributed by atoms with Gasteiger partial charge in [0.2, 0.25) is 58.4 Å². The van der Waals surface area contributed by atoms with Gasteiger partial charge in [-0.3, -0.25) is 0 Å². The summed E-state index contributed by atoms with van der Waals surface area (Å²) < 4.78 is 67.8. The first-order chi connectivity index (χ1) is 57.9. The second-order valence-corrected chi connectivity index (χ2v) is 26.8. The summed E-state index contributed by atoms with van der Waals surface area (Å²) in [5.74, 6) is -59.7. The molecule has 2 saturated heterocycles. The molecule has 0 aliphatic carbocycles. The molecule has 0 radical (unpaired) electrons. The number of hydrogen-bond acceptors (Lipinski definition) is 48. The molecule has 5 heterocycles. The Labute approximate surface area is 675 Å². The Hall–Kier alpha value is -17.3. The Morgan fingerprint density at radius 2 is 0.650 bits per heavy atom. The van der Waals surface area contributed by atoms with Crippen LogP contribution in [-0.2, 0) is 52.1 Å². The molecule has 10 unspecified atom stereocenters. The standard InChI is InChI=1S/C75H52O48/c76-23-1-14(2-24(77)42(23)86)65(102)112-12-34-59(61-63(74(111)115-34)121-71(108)19-8-30(83)46(90)53(97)38(19)36-17(69(106)119-61)6-28(81)44(88)51(36)95)118-73(110)22-10-32(85)49(93)57(101)58(22)114-33-11-21-41(56(100)50(33)94)40-16(5-27(80)48(92)55(40)99)68(105)117-60-35(13-113-67(21)104)116-75(123-66(103)15-3-25(78)43(87)26(79)4-15)64-62(60)120-70(107)18-7-29(82)45(89)52(96)37(18)39-20(72(109)122-64)9-31(84)47(91)54(39)98/h1-11,34-35,59-64,74-101,111H,12-13H2. The van der Waals surface area contributed by atoms with Gasteiger partial charge in [0.1, 0.15) is 31.0 Å². The minimum absolute atomic E-state index is 0.134. The van der Waals surface area contributed by atoms with Crippen LogP contribution in [0, 0.1) is 0 Å². The number of hydrogen-bond donors (Lipinski definition) is 27. The molecule has 0 bridgehead atoms. The second kappa shape index (κ2) is 30.0. The first kappa shape index (κ1) is 82.2. The Morgan fingerprint density at radius 3 is 1.07 bits per heavy atom. The number of carbonyl (C=O) groups is 9. The van der Waals surface area contributed by atoms with Gasteiger partial charge < -0.3 is 195 Å². The molecule has 5 aliphatic rings. The summed E-state index contributed by atoms with van der Waals surface area (Å²) in [6, 6.07) is 3.69. The van der Waals surface area contributed by atoms with Crippen molar-refractivity contribution in [2.45, 2.75) is 61.4 Å². The number of ether oxygens (including phenoxy) is 12. The highest BCUT2D eigenvalue weighted by Crippen LogP contribution is 2.59. The molecule has 5 aliphatic heterocycles. The minimum atomic E-state index is -2.82. The smallest absolute Gasteiger partial charge is 0.342 e. The van der Waals surface area contributed by atoms with Crippen molar-refractivity contribution in [3.8, 4) is 194 Å². The van der Waals surface area contributed by atoms with Gasteiger partial charge in [-0.05, 0) is 54.6 Å². The van der Waals surface area contributed by atoms with Gasteiger partial charge >= 0.3 is 53.7 Å². The summed E-state index contributed by atoms with van der Waals surface area (Å²) in [7, 11) is 0. The average Bonchev–Trinajstić information content (AvgIpc) is 1.59. The zero-order valence-electron chi connectivity index (χ0n) is 60.2. The molecule has 10 atom stereocenters. The van der Waals surface area contributed by atoms with Gasteiger partial charge in [-0.25, -0.2) is 43.2 Å². The van der Waals surface area contributed by atoms with Crippen molar-refractivity contribution in [2.75, 3.05) is 13.2 Å². The molecule has 9 aromatic rings. The maximum absolute atomic E-state index is 15.3. The van der Waals surface area contributed by atoms with E-state index in [1.54, 1.807) is 0 Å². The van der Waals surface area contributed by atoms with Gasteiger partial charge in [0.15, 0.2) is 152 Å². The van der Waals surface area contributed by atoms with Crippen LogP contribution in [0.1, 0.15) is 93.2 Å². The first-order valence-corrected chi connectivity index (χ1v) is 34.2. The molecule has 48 nitrogen and oxygen atoms in total. The van der Waals surface area contributed by atoms with Crippen molar-refractivity contribution >= 4 is 53.7 Å². The normalized spacial score (nSPS) is 20.3. The van der Waals surface area contributed by atoms with Crippen molar-refractivity contribution in [3.05, 3.63) is 117 Å². The number of aliphatic hydroxyl groups excluding tert-OH is 1. The van der Waals surface area contributed by atoms with Crippen LogP contribution in [0.15, 0.2) is 66.7 Å². The van der Waals surface area contributed by atoms with Crippen LogP contribution < -0.4 is 4.74 Å². The Kier molecular flexibility index (Phi) is 20.1. The molecule has 2 fully saturated rings. The van der Waals surface area contributed by atoms with Gasteiger partial charge in [-0.1, -0.05) is 0 Å². The second-order valence-electron chi connectivity index (χ2n) is 26.8. The lowest BCUT2D eigenvalue weighted by Gasteiger charge is -2.44. The number of cyclic esters (lactones) is 1. The van der Waals surface area contributed by atoms with Crippen LogP contribution in [0.3, 0.4) is 0 Å². The van der Waals surface area contributed by atoms with Crippen LogP contribution in [0.25, 0.3) is 33.4 Å². The molecule has 640 valence electrons. The molecule has 0 amide bonds. The molecular weight excluding hydrogens is 1670 g/mol. The summed E-state index contributed by atoms with van der Waals surface area (Å²) >= 11 is 0. The lowest BCUT2D eigenvalue weighted by molar-refractivity contribution is -0.284. The number of fused-ring (bicyclic) bond motifs is 13. The van der Waals surface area contributed by atoms with Crippen molar-refractivity contribution < 1.29 is 238 Å². The predicted molar refractivity (Wildman–Crippen MR) is 379 cm³/mol. The molecule has 14 rings (SSSR count). The number of benzene rings is 9. The van der Waals surface area contributed by atoms with E-state index in [4.69, 9.17) is 56.8 Å². The van der Waals surface area contributed by atoms with Gasteiger partial charge in [0.05, 0.1) is 44.5 Å². The number of phenolic OH excluding ortho intramolecular Hbond substituents is 26. The molecular formula is C75H52O48. The predicted octanol–water partition coefficient (Wildman–Crippen LogP) is 2.73. The van der Waals surface area contributed by atoms with E-state index in [-0.39, 0.29) is 18.2 Å². The lowest BCUT2D eigenvalue weighted by Crippen LogP contribution is -2.63. The fraction of sp³-hybridized carbons (Fsp3) is 0.160. The quantitative estimate of drug-likeness (QED) is 0.0561. The number of phenols is 26. The maximum Gasteiger partial charge on any atom is 0.342 e. The van der Waals surface area contributed by atoms with Crippen molar-refractivity contribution in [1.82, 2.24) is 0 Å². The average molecular weight is 1720 g/mol. The molecule has 27 N–H and O–H groups in total. The summed E-state index contributed by atoms with van der Waals surface area (Å²) in [4.78, 5) is 133. The highest BCUT2D eigenvalue weighted by molar-refractivity contribution is 6.12. The van der Waals surface area contributed by atoms with E-state index in [1.165, 1.54) is 0 Å². The SMILES string of the molecule is O=C(OCC1OC(O)C2OC(=O)c3cc(O)c(O)c(O)c3-c3c(cc(O)c(O)c3O)C(=O)OC2C1OC(=O)c1cc(O)c(O)c(O)c1Oc1cc2c(c(O)c1O)-c1c(cc(O)c(O)c1O)C(=O)OC1C(COC2=O)OC(OC(=O)c2cc(O)c(O)c(O)c2)C2OC(=O)c3cc(O)c(O)c(O)c3-c3c(cc(O)c(O)c3O)C(=O)OC12)c1cc(O)c(O)c(O)c1. The fourth-order valence-electron chi connectivity index (χ4n) is 13.6. The summed E-state index contributed by atoms with van der Waals surface area (Å²) in [5, 5.41) is 297. The Morgan fingerprint density at radius 1 is 0.317 bits per heavy atom. The Balaban J connectivity index is 0.884. The third-order valence-electron chi connectivity index (χ3n) is 19.5. The van der Waals surface area contributed by atoms with Crippen LogP contribution in [0.4, 0.5) is 0 Å². The number of aliphatic hydroxyl groups is 1. The molecule has 123 heavy (non-hydrogen) atoms. The lowest BCUT2D eigenvalue weighted by atomic mass is 9.91. The van der Waals surface area contributed by atoms with Crippen molar-refractivity contribution in [3.63, 3.8) is 0 Å². The molecule has 48 heteroatoms. The highest BCUT2D eigenvalue weighted by Gasteiger charge is 2.58. The number of aromatic hydroxyl groups is 26. The van der Waals surface area contributed by atoms with Gasteiger partial charge in [0.25, 0.3) is 0 Å². The van der Waals surface area contributed by atoms with E-state index < -0.39 is 373 Å². The summed E-state index contributed by atoms with van der Waals surface area (Å²) in [6.45, 7) is -3.08. The summed E-state index contributed by atoms with van der Waals surface area (Å²) in [5.41, 5.74) is -18.9. The van der Waals surface area contributed by atoms with Gasteiger partial charge in [-0.15, -0.1) is 0 Å². The van der Waals surface area contributed by atoms with E-state index in [1.807, 2.05) is 0 Å². The Bertz CT molecular complexity index is 6140. The molecule has 9 aromatic carbocycles. The maximum atomic E-state index is 15.3. The van der Waals surface area contributed by atoms with Crippen LogP contribution in [0.5, 0.6) is 161 Å². The van der Waals surface area contributed by atoms with Gasteiger partial charge in [0, 0.05) is 45.5 Å². The number of esters is 9. The largest absolute Gasteiger partial charge is 0.504 e. The minimum Gasteiger partial charge on any atom is -0.504 e. The van der Waals surface area contributed by atoms with Crippen LogP contribution >= 0.6 is 0 Å². The number of carbonyl (C=O) groups excluding carboxylic acids is 9. The zero-order chi connectivity index (χ0) is 89.5. The molecule has 0 saturated carbocycles. The van der Waals surface area contributed by atoms with Crippen molar-refractivity contribution in [2.24, 2.45) is 0 Å². The monoisotopic (exact) mass is 1720 g/mol. The van der Waals surface area contributed by atoms with Gasteiger partial charge in [-0.2, -0.15) is 0 Å². The molecule has 0 aromatic heterocycles.